The van der Waals surface area contributed by atoms with E-state index in [1.165, 1.54) is 6.07 Å². The molecular weight excluding hydrogens is 470 g/mol. The van der Waals surface area contributed by atoms with Crippen LogP contribution in [0.4, 0.5) is 11.5 Å². The van der Waals surface area contributed by atoms with E-state index < -0.39 is 10.0 Å². The van der Waals surface area contributed by atoms with Crippen molar-refractivity contribution in [2.75, 3.05) is 35.8 Å². The Morgan fingerprint density at radius 3 is 2.62 bits per heavy atom. The van der Waals surface area contributed by atoms with Crippen molar-refractivity contribution in [3.05, 3.63) is 77.6 Å². The first kappa shape index (κ1) is 22.6. The first-order chi connectivity index (χ1) is 16.4. The Labute approximate surface area is 203 Å². The van der Waals surface area contributed by atoms with E-state index in [1.54, 1.807) is 24.5 Å². The summed E-state index contributed by atoms with van der Waals surface area (Å²) in [5, 5.41) is 5.65. The fourth-order valence-electron chi connectivity index (χ4n) is 4.11. The van der Waals surface area contributed by atoms with Gasteiger partial charge >= 0.3 is 0 Å². The van der Waals surface area contributed by atoms with Crippen molar-refractivity contribution < 1.29 is 8.42 Å². The van der Waals surface area contributed by atoms with Gasteiger partial charge in [0.2, 0.25) is 0 Å². The number of rotatable bonds is 5. The molecule has 5 rings (SSSR count). The van der Waals surface area contributed by atoms with Crippen LogP contribution in [-0.2, 0) is 10.0 Å². The Morgan fingerprint density at radius 2 is 1.82 bits per heavy atom. The van der Waals surface area contributed by atoms with Crippen LogP contribution in [0.5, 0.6) is 0 Å². The molecule has 7 nitrogen and oxygen atoms in total. The lowest BCUT2D eigenvalue weighted by molar-refractivity contribution is 0.585. The van der Waals surface area contributed by atoms with E-state index in [4.69, 9.17) is 11.6 Å². The second kappa shape index (κ2) is 9.21. The first-order valence-electron chi connectivity index (χ1n) is 11.0. The van der Waals surface area contributed by atoms with Gasteiger partial charge in [-0.05, 0) is 48.2 Å². The number of sulfonamides is 1. The summed E-state index contributed by atoms with van der Waals surface area (Å²) in [4.78, 5) is 11.3. The number of anilines is 2. The monoisotopic (exact) mass is 493 g/mol. The molecule has 0 radical (unpaired) electrons. The van der Waals surface area contributed by atoms with E-state index in [0.717, 1.165) is 48.3 Å². The lowest BCUT2D eigenvalue weighted by atomic mass is 10.0. The maximum absolute atomic E-state index is 13.3. The Morgan fingerprint density at radius 1 is 1.03 bits per heavy atom. The van der Waals surface area contributed by atoms with E-state index in [0.29, 0.717) is 22.0 Å². The SMILES string of the molecule is Cc1cc(N2CCNCC2)ncc1NS(=O)(=O)c1ccc(Cl)c(-c2nccc3ccccc23)c1. The molecule has 0 aliphatic carbocycles. The highest BCUT2D eigenvalue weighted by molar-refractivity contribution is 7.92. The van der Waals surface area contributed by atoms with Gasteiger partial charge < -0.3 is 10.2 Å². The molecule has 0 unspecified atom stereocenters. The summed E-state index contributed by atoms with van der Waals surface area (Å²) in [6.07, 6.45) is 3.27. The van der Waals surface area contributed by atoms with Crippen LogP contribution in [0.3, 0.4) is 0 Å². The van der Waals surface area contributed by atoms with Crippen LogP contribution < -0.4 is 14.9 Å². The molecular formula is C25H24ClN5O2S. The van der Waals surface area contributed by atoms with Crippen molar-refractivity contribution in [1.29, 1.82) is 0 Å². The van der Waals surface area contributed by atoms with Gasteiger partial charge in [-0.1, -0.05) is 35.9 Å². The van der Waals surface area contributed by atoms with Crippen molar-refractivity contribution in [2.45, 2.75) is 11.8 Å². The van der Waals surface area contributed by atoms with Crippen LogP contribution in [0.15, 0.2) is 71.9 Å². The molecule has 1 fully saturated rings. The van der Waals surface area contributed by atoms with E-state index in [-0.39, 0.29) is 4.90 Å². The summed E-state index contributed by atoms with van der Waals surface area (Å²) in [6, 6.07) is 16.3. The molecule has 4 aromatic rings. The van der Waals surface area contributed by atoms with Crippen molar-refractivity contribution in [3.8, 4) is 11.3 Å². The molecule has 2 aromatic carbocycles. The summed E-state index contributed by atoms with van der Waals surface area (Å²) < 4.78 is 29.2. The Bertz CT molecular complexity index is 1460. The number of aryl methyl sites for hydroxylation is 1. The number of piperazine rings is 1. The van der Waals surface area contributed by atoms with Gasteiger partial charge in [0.1, 0.15) is 5.82 Å². The van der Waals surface area contributed by atoms with Gasteiger partial charge in [0.05, 0.1) is 27.5 Å². The zero-order valence-electron chi connectivity index (χ0n) is 18.6. The van der Waals surface area contributed by atoms with Gasteiger partial charge in [0.25, 0.3) is 10.0 Å². The number of nitrogens with one attached hydrogen (secondary N) is 2. The lowest BCUT2D eigenvalue weighted by Gasteiger charge is -2.28. The van der Waals surface area contributed by atoms with E-state index in [2.05, 4.69) is 24.9 Å². The molecule has 0 bridgehead atoms. The molecule has 1 aliphatic heterocycles. The number of hydrogen-bond donors (Lipinski definition) is 2. The zero-order chi connectivity index (χ0) is 23.7. The average Bonchev–Trinajstić information content (AvgIpc) is 2.85. The number of pyridine rings is 2. The maximum atomic E-state index is 13.3. The first-order valence-corrected chi connectivity index (χ1v) is 12.9. The largest absolute Gasteiger partial charge is 0.354 e. The molecule has 2 aromatic heterocycles. The molecule has 174 valence electrons. The molecule has 1 aliphatic rings. The molecule has 0 saturated carbocycles. The van der Waals surface area contributed by atoms with Crippen molar-refractivity contribution in [3.63, 3.8) is 0 Å². The lowest BCUT2D eigenvalue weighted by Crippen LogP contribution is -2.43. The molecule has 9 heteroatoms. The number of hydrogen-bond acceptors (Lipinski definition) is 6. The van der Waals surface area contributed by atoms with Crippen LogP contribution in [0, 0.1) is 6.92 Å². The van der Waals surface area contributed by atoms with Crippen molar-refractivity contribution in [2.24, 2.45) is 0 Å². The molecule has 3 heterocycles. The van der Waals surface area contributed by atoms with Crippen molar-refractivity contribution >= 4 is 43.9 Å². The molecule has 34 heavy (non-hydrogen) atoms. The second-order valence-corrected chi connectivity index (χ2v) is 10.3. The van der Waals surface area contributed by atoms with Gasteiger partial charge in [-0.15, -0.1) is 0 Å². The third kappa shape index (κ3) is 4.44. The minimum atomic E-state index is -3.87. The minimum absolute atomic E-state index is 0.104. The quantitative estimate of drug-likeness (QED) is 0.426. The van der Waals surface area contributed by atoms with Gasteiger partial charge in [-0.25, -0.2) is 13.4 Å². The zero-order valence-corrected chi connectivity index (χ0v) is 20.2. The van der Waals surface area contributed by atoms with Crippen LogP contribution in [-0.4, -0.2) is 44.6 Å². The Kier molecular flexibility index (Phi) is 6.12. The standard InChI is InChI=1S/C25H24ClN5O2S/c1-17-14-24(31-12-10-27-11-13-31)29-16-23(17)30-34(32,33)19-6-7-22(26)21(15-19)25-20-5-3-2-4-18(20)8-9-28-25/h2-9,14-16,27,30H,10-13H2,1H3. The summed E-state index contributed by atoms with van der Waals surface area (Å²) >= 11 is 6.48. The third-order valence-electron chi connectivity index (χ3n) is 5.96. The predicted octanol–water partition coefficient (Wildman–Crippen LogP) is 4.47. The average molecular weight is 494 g/mol. The maximum Gasteiger partial charge on any atom is 0.261 e. The minimum Gasteiger partial charge on any atom is -0.354 e. The highest BCUT2D eigenvalue weighted by Gasteiger charge is 2.20. The summed E-state index contributed by atoms with van der Waals surface area (Å²) in [6.45, 7) is 5.41. The van der Waals surface area contributed by atoms with E-state index in [9.17, 15) is 8.42 Å². The summed E-state index contributed by atoms with van der Waals surface area (Å²) in [5.74, 6) is 0.845. The number of halogens is 1. The molecule has 1 saturated heterocycles. The van der Waals surface area contributed by atoms with Crippen molar-refractivity contribution in [1.82, 2.24) is 15.3 Å². The van der Waals surface area contributed by atoms with Crippen LogP contribution in [0.2, 0.25) is 5.02 Å². The van der Waals surface area contributed by atoms with Gasteiger partial charge in [0.15, 0.2) is 0 Å². The Hall–Kier alpha value is -3.20. The molecule has 0 amide bonds. The van der Waals surface area contributed by atoms with E-state index in [1.807, 2.05) is 43.3 Å². The number of nitrogens with zero attached hydrogens (tertiary/aromatic N) is 3. The van der Waals surface area contributed by atoms with Crippen LogP contribution in [0.1, 0.15) is 5.56 Å². The predicted molar refractivity (Wildman–Crippen MR) is 137 cm³/mol. The molecule has 2 N–H and O–H groups in total. The fourth-order valence-corrected chi connectivity index (χ4v) is 5.45. The fraction of sp³-hybridized carbons (Fsp3) is 0.200. The molecule has 0 spiro atoms. The Balaban J connectivity index is 1.47. The van der Waals surface area contributed by atoms with Gasteiger partial charge in [0, 0.05) is 43.3 Å². The van der Waals surface area contributed by atoms with Crippen LogP contribution >= 0.6 is 11.6 Å². The van der Waals surface area contributed by atoms with Gasteiger partial charge in [-0.3, -0.25) is 9.71 Å². The highest BCUT2D eigenvalue weighted by atomic mass is 35.5. The normalized spacial score (nSPS) is 14.4. The summed E-state index contributed by atoms with van der Waals surface area (Å²) in [7, 11) is -3.87. The highest BCUT2D eigenvalue weighted by Crippen LogP contribution is 2.34. The topological polar surface area (TPSA) is 87.2 Å². The smallest absolute Gasteiger partial charge is 0.261 e. The van der Waals surface area contributed by atoms with Gasteiger partial charge in [-0.2, -0.15) is 0 Å². The van der Waals surface area contributed by atoms with Crippen LogP contribution in [0.25, 0.3) is 22.0 Å². The number of benzene rings is 2. The third-order valence-corrected chi connectivity index (χ3v) is 7.65. The molecule has 0 atom stereocenters. The van der Waals surface area contributed by atoms with E-state index >= 15 is 0 Å². The number of fused-ring (bicyclic) bond motifs is 1. The summed E-state index contributed by atoms with van der Waals surface area (Å²) in [5.41, 5.74) is 2.44. The second-order valence-electron chi connectivity index (χ2n) is 8.22. The number of aromatic nitrogens is 2.